The number of sulfone groups is 2. The van der Waals surface area contributed by atoms with Crippen LogP contribution in [0.4, 0.5) is 13.2 Å². The van der Waals surface area contributed by atoms with Crippen molar-refractivity contribution >= 4 is 19.7 Å². The van der Waals surface area contributed by atoms with Gasteiger partial charge in [-0.1, -0.05) is 24.8 Å². The van der Waals surface area contributed by atoms with Crippen molar-refractivity contribution < 1.29 is 34.7 Å². The molecule has 146 valence electrons. The van der Waals surface area contributed by atoms with Crippen molar-refractivity contribution in [2.24, 2.45) is 0 Å². The molecular weight excluding hydrogens is 405 g/mol. The molecular formula is C17H15F3O5S2. The van der Waals surface area contributed by atoms with E-state index in [1.165, 1.54) is 18.2 Å². The van der Waals surface area contributed by atoms with Gasteiger partial charge in [0.15, 0.2) is 4.24 Å². The van der Waals surface area contributed by atoms with Crippen LogP contribution in [-0.2, 0) is 25.9 Å². The molecule has 0 heterocycles. The van der Waals surface area contributed by atoms with Gasteiger partial charge in [-0.15, -0.1) is 0 Å². The van der Waals surface area contributed by atoms with Crippen molar-refractivity contribution in [3.8, 4) is 5.75 Å². The van der Waals surface area contributed by atoms with Crippen molar-refractivity contribution in [3.05, 3.63) is 64.9 Å². The number of alkyl halides is 3. The summed E-state index contributed by atoms with van der Waals surface area (Å²) in [6.45, 7) is 4.86. The first-order chi connectivity index (χ1) is 12.4. The number of benzene rings is 2. The van der Waals surface area contributed by atoms with Crippen molar-refractivity contribution in [2.75, 3.05) is 6.61 Å². The second-order valence-electron chi connectivity index (χ2n) is 5.28. The molecule has 10 heteroatoms. The topological polar surface area (TPSA) is 77.5 Å². The molecule has 0 aliphatic carbocycles. The standard InChI is InChI=1S/C17H15F3O5S2/c1-3-25-15-9-4-5-10-16(15)27(23,24)12(2)26(21,22)14-8-6-7-13(11-14)17(18,19)20/h4-11H,2-3H2,1H3. The summed E-state index contributed by atoms with van der Waals surface area (Å²) in [6.07, 6.45) is -4.78. The minimum Gasteiger partial charge on any atom is -0.493 e. The molecule has 0 radical (unpaired) electrons. The van der Waals surface area contributed by atoms with Gasteiger partial charge < -0.3 is 4.74 Å². The predicted molar refractivity (Wildman–Crippen MR) is 92.6 cm³/mol. The Morgan fingerprint density at radius 2 is 1.63 bits per heavy atom. The van der Waals surface area contributed by atoms with Gasteiger partial charge in [-0.2, -0.15) is 13.2 Å². The molecule has 0 N–H and O–H groups in total. The largest absolute Gasteiger partial charge is 0.493 e. The van der Waals surface area contributed by atoms with Crippen LogP contribution in [0.15, 0.2) is 69.1 Å². The van der Waals surface area contributed by atoms with Gasteiger partial charge in [-0.25, -0.2) is 16.8 Å². The second-order valence-corrected chi connectivity index (χ2v) is 9.45. The Kier molecular flexibility index (Phi) is 5.71. The summed E-state index contributed by atoms with van der Waals surface area (Å²) in [5.74, 6) is -0.0830. The lowest BCUT2D eigenvalue weighted by Gasteiger charge is -2.14. The first kappa shape index (κ1) is 21.0. The van der Waals surface area contributed by atoms with Crippen LogP contribution in [0.25, 0.3) is 0 Å². The van der Waals surface area contributed by atoms with Crippen LogP contribution in [0, 0.1) is 0 Å². The Bertz CT molecular complexity index is 1070. The van der Waals surface area contributed by atoms with E-state index in [0.717, 1.165) is 18.2 Å². The van der Waals surface area contributed by atoms with Gasteiger partial charge in [0.05, 0.1) is 17.1 Å². The van der Waals surface area contributed by atoms with E-state index in [1.54, 1.807) is 6.92 Å². The second kappa shape index (κ2) is 7.35. The number of ether oxygens (including phenoxy) is 1. The molecule has 0 spiro atoms. The molecule has 5 nitrogen and oxygen atoms in total. The van der Waals surface area contributed by atoms with Crippen LogP contribution in [0.5, 0.6) is 5.75 Å². The summed E-state index contributed by atoms with van der Waals surface area (Å²) in [5.41, 5.74) is -1.22. The average Bonchev–Trinajstić information content (AvgIpc) is 2.61. The van der Waals surface area contributed by atoms with E-state index in [4.69, 9.17) is 4.74 Å². The Morgan fingerprint density at radius 3 is 2.22 bits per heavy atom. The van der Waals surface area contributed by atoms with Crippen molar-refractivity contribution in [3.63, 3.8) is 0 Å². The number of para-hydroxylation sites is 1. The number of hydrogen-bond donors (Lipinski definition) is 0. The molecule has 0 saturated carbocycles. The van der Waals surface area contributed by atoms with Gasteiger partial charge in [0.1, 0.15) is 10.6 Å². The monoisotopic (exact) mass is 420 g/mol. The summed E-state index contributed by atoms with van der Waals surface area (Å²) >= 11 is 0. The van der Waals surface area contributed by atoms with Gasteiger partial charge in [-0.3, -0.25) is 0 Å². The minimum absolute atomic E-state index is 0.0830. The van der Waals surface area contributed by atoms with E-state index < -0.39 is 45.4 Å². The number of rotatable bonds is 6. The lowest BCUT2D eigenvalue weighted by molar-refractivity contribution is -0.137. The van der Waals surface area contributed by atoms with Gasteiger partial charge in [-0.05, 0) is 37.3 Å². The zero-order valence-corrected chi connectivity index (χ0v) is 15.7. The lowest BCUT2D eigenvalue weighted by Crippen LogP contribution is -2.16. The third kappa shape index (κ3) is 4.16. The molecule has 0 unspecified atom stereocenters. The Hall–Kier alpha value is -2.33. The predicted octanol–water partition coefficient (Wildman–Crippen LogP) is 3.82. The minimum atomic E-state index is -4.80. The SMILES string of the molecule is C=C(S(=O)(=O)c1cccc(C(F)(F)F)c1)S(=O)(=O)c1ccccc1OCC. The molecule has 0 amide bonds. The molecule has 2 aromatic carbocycles. The maximum Gasteiger partial charge on any atom is 0.416 e. The Morgan fingerprint density at radius 1 is 1.00 bits per heavy atom. The average molecular weight is 420 g/mol. The molecule has 2 rings (SSSR count). The molecule has 0 fully saturated rings. The van der Waals surface area contributed by atoms with Gasteiger partial charge in [0.25, 0.3) is 0 Å². The Balaban J connectivity index is 2.56. The molecule has 0 saturated heterocycles. The fraction of sp³-hybridized carbons (Fsp3) is 0.176. The van der Waals surface area contributed by atoms with E-state index in [0.29, 0.717) is 12.1 Å². The summed E-state index contributed by atoms with van der Waals surface area (Å²) in [7, 11) is -9.43. The summed E-state index contributed by atoms with van der Waals surface area (Å²) in [6, 6.07) is 8.12. The van der Waals surface area contributed by atoms with Crippen LogP contribution in [-0.4, -0.2) is 23.4 Å². The molecule has 27 heavy (non-hydrogen) atoms. The third-order valence-corrected chi connectivity index (χ3v) is 7.82. The van der Waals surface area contributed by atoms with Crippen molar-refractivity contribution in [1.29, 1.82) is 0 Å². The smallest absolute Gasteiger partial charge is 0.416 e. The zero-order chi connectivity index (χ0) is 20.5. The van der Waals surface area contributed by atoms with Gasteiger partial charge >= 0.3 is 6.18 Å². The molecule has 0 aliphatic rings. The first-order valence-electron chi connectivity index (χ1n) is 7.50. The van der Waals surface area contributed by atoms with Crippen LogP contribution < -0.4 is 4.74 Å². The van der Waals surface area contributed by atoms with E-state index >= 15 is 0 Å². The zero-order valence-electron chi connectivity index (χ0n) is 14.0. The van der Waals surface area contributed by atoms with Gasteiger partial charge in [0.2, 0.25) is 19.7 Å². The summed E-state index contributed by atoms with van der Waals surface area (Å²) in [5, 5.41) is 0. The van der Waals surface area contributed by atoms with Crippen LogP contribution in [0.1, 0.15) is 12.5 Å². The highest BCUT2D eigenvalue weighted by Crippen LogP contribution is 2.35. The highest BCUT2D eigenvalue weighted by molar-refractivity contribution is 8.14. The van der Waals surface area contributed by atoms with Gasteiger partial charge in [0, 0.05) is 0 Å². The highest BCUT2D eigenvalue weighted by Gasteiger charge is 2.36. The molecule has 2 aromatic rings. The number of hydrogen-bond acceptors (Lipinski definition) is 5. The van der Waals surface area contributed by atoms with Crippen LogP contribution >= 0.6 is 0 Å². The molecule has 0 aliphatic heterocycles. The fourth-order valence-electron chi connectivity index (χ4n) is 2.19. The normalized spacial score (nSPS) is 12.6. The first-order valence-corrected chi connectivity index (χ1v) is 10.5. The highest BCUT2D eigenvalue weighted by atomic mass is 32.3. The summed E-state index contributed by atoms with van der Waals surface area (Å²) < 4.78 is 93.2. The van der Waals surface area contributed by atoms with Crippen molar-refractivity contribution in [1.82, 2.24) is 0 Å². The van der Waals surface area contributed by atoms with E-state index in [1.807, 2.05) is 0 Å². The Labute approximate surface area is 154 Å². The molecule has 0 bridgehead atoms. The number of halogens is 3. The quantitative estimate of drug-likeness (QED) is 0.710. The fourth-order valence-corrected chi connectivity index (χ4v) is 5.60. The molecule has 0 aromatic heterocycles. The van der Waals surface area contributed by atoms with Crippen LogP contribution in [0.3, 0.4) is 0 Å². The van der Waals surface area contributed by atoms with E-state index in [9.17, 15) is 30.0 Å². The lowest BCUT2D eigenvalue weighted by atomic mass is 10.2. The van der Waals surface area contributed by atoms with E-state index in [-0.39, 0.29) is 12.4 Å². The van der Waals surface area contributed by atoms with E-state index in [2.05, 4.69) is 6.58 Å². The summed E-state index contributed by atoms with van der Waals surface area (Å²) in [4.78, 5) is -1.26. The van der Waals surface area contributed by atoms with Crippen molar-refractivity contribution in [2.45, 2.75) is 22.9 Å². The maximum absolute atomic E-state index is 12.8. The third-order valence-electron chi connectivity index (χ3n) is 3.51. The molecule has 0 atom stereocenters. The van der Waals surface area contributed by atoms with Crippen LogP contribution in [0.2, 0.25) is 0 Å². The maximum atomic E-state index is 12.8.